The number of H-pyrrole nitrogens is 2. The number of hydrogen-bond donors (Lipinski definition) is 3. The molecular formula is C22H23FN6O. The number of aromatic amines is 2. The molecule has 5 rings (SSSR count). The molecule has 7 nitrogen and oxygen atoms in total. The number of rotatable bonds is 2. The Morgan fingerprint density at radius 2 is 1.93 bits per heavy atom. The van der Waals surface area contributed by atoms with Gasteiger partial charge in [0.15, 0.2) is 0 Å². The van der Waals surface area contributed by atoms with Gasteiger partial charge >= 0.3 is 0 Å². The predicted molar refractivity (Wildman–Crippen MR) is 118 cm³/mol. The standard InChI is InChI=1S/C22H23FN6O/c1-28-8-3-9-29(11-10-28)13-6-7-15-17(12-13)26-21(25-15)19-20(24)18-14(23)4-2-5-16(18)27-22(19)30/h2,4-7,12H,3,8-11H2,1H3,(H,25,26)(H3,24,27,30). The number of benzene rings is 2. The van der Waals surface area contributed by atoms with E-state index in [2.05, 4.69) is 31.8 Å². The van der Waals surface area contributed by atoms with Gasteiger partial charge in [-0.25, -0.2) is 9.37 Å². The molecule has 0 radical (unpaired) electrons. The summed E-state index contributed by atoms with van der Waals surface area (Å²) in [6.07, 6.45) is 1.11. The largest absolute Gasteiger partial charge is 0.397 e. The van der Waals surface area contributed by atoms with Crippen LogP contribution in [0.25, 0.3) is 33.3 Å². The van der Waals surface area contributed by atoms with Crippen LogP contribution in [0.2, 0.25) is 0 Å². The minimum atomic E-state index is -0.480. The van der Waals surface area contributed by atoms with Crippen molar-refractivity contribution >= 4 is 33.3 Å². The van der Waals surface area contributed by atoms with Crippen LogP contribution in [-0.2, 0) is 0 Å². The van der Waals surface area contributed by atoms with Gasteiger partial charge < -0.3 is 25.5 Å². The number of nitrogens with two attached hydrogens (primary N) is 1. The monoisotopic (exact) mass is 406 g/mol. The maximum atomic E-state index is 14.4. The van der Waals surface area contributed by atoms with E-state index in [-0.39, 0.29) is 16.6 Å². The SMILES string of the molecule is CN1CCCN(c2ccc3nc(-c4c(N)c5c(F)cccc5[nH]c4=O)[nH]c3c2)CC1. The van der Waals surface area contributed by atoms with Gasteiger partial charge in [0.2, 0.25) is 0 Å². The van der Waals surface area contributed by atoms with Crippen LogP contribution in [-0.4, -0.2) is 53.1 Å². The molecule has 2 aromatic heterocycles. The summed E-state index contributed by atoms with van der Waals surface area (Å²) in [6, 6.07) is 10.5. The lowest BCUT2D eigenvalue weighted by Gasteiger charge is -2.22. The van der Waals surface area contributed by atoms with Gasteiger partial charge in [0, 0.05) is 25.3 Å². The number of nitrogens with zero attached hydrogens (tertiary/aromatic N) is 3. The Bertz CT molecular complexity index is 1310. The van der Waals surface area contributed by atoms with E-state index in [1.165, 1.54) is 12.1 Å². The average Bonchev–Trinajstić information content (AvgIpc) is 3.00. The topological polar surface area (TPSA) is 94.0 Å². The smallest absolute Gasteiger partial charge is 0.261 e. The van der Waals surface area contributed by atoms with E-state index in [1.807, 2.05) is 18.2 Å². The highest BCUT2D eigenvalue weighted by Gasteiger charge is 2.19. The highest BCUT2D eigenvalue weighted by Crippen LogP contribution is 2.30. The predicted octanol–water partition coefficient (Wildman–Crippen LogP) is 2.93. The molecule has 3 heterocycles. The van der Waals surface area contributed by atoms with Crippen LogP contribution in [0.5, 0.6) is 0 Å². The number of pyridine rings is 1. The van der Waals surface area contributed by atoms with Crippen LogP contribution in [0.4, 0.5) is 15.8 Å². The summed E-state index contributed by atoms with van der Waals surface area (Å²) in [5.41, 5.74) is 9.08. The van der Waals surface area contributed by atoms with Crippen LogP contribution in [0, 0.1) is 5.82 Å². The normalized spacial score (nSPS) is 15.7. The fourth-order valence-electron chi connectivity index (χ4n) is 4.19. The number of likely N-dealkylation sites (N-methyl/N-ethyl adjacent to an activating group) is 1. The maximum absolute atomic E-state index is 14.4. The molecule has 8 heteroatoms. The number of fused-ring (bicyclic) bond motifs is 2. The Hall–Kier alpha value is -3.39. The molecule has 0 unspecified atom stereocenters. The van der Waals surface area contributed by atoms with Crippen LogP contribution in [0.1, 0.15) is 6.42 Å². The van der Waals surface area contributed by atoms with Crippen molar-refractivity contribution in [2.75, 3.05) is 43.9 Å². The minimum absolute atomic E-state index is 0.0849. The second-order valence-electron chi connectivity index (χ2n) is 7.84. The zero-order chi connectivity index (χ0) is 20.8. The molecule has 0 aliphatic carbocycles. The molecule has 0 spiro atoms. The van der Waals surface area contributed by atoms with Crippen LogP contribution in [0.3, 0.4) is 0 Å². The van der Waals surface area contributed by atoms with E-state index in [4.69, 9.17) is 5.73 Å². The van der Waals surface area contributed by atoms with E-state index in [0.29, 0.717) is 11.3 Å². The number of anilines is 2. The van der Waals surface area contributed by atoms with Crippen LogP contribution in [0.15, 0.2) is 41.2 Å². The average molecular weight is 406 g/mol. The molecule has 1 fully saturated rings. The number of hydrogen-bond acceptors (Lipinski definition) is 5. The lowest BCUT2D eigenvalue weighted by atomic mass is 10.1. The summed E-state index contributed by atoms with van der Waals surface area (Å²) in [5.74, 6) is -0.145. The molecule has 0 saturated carbocycles. The molecular weight excluding hydrogens is 383 g/mol. The van der Waals surface area contributed by atoms with E-state index < -0.39 is 11.4 Å². The molecule has 0 amide bonds. The van der Waals surface area contributed by atoms with Gasteiger partial charge in [-0.2, -0.15) is 0 Å². The zero-order valence-electron chi connectivity index (χ0n) is 16.7. The quantitative estimate of drug-likeness (QED) is 0.476. The molecule has 0 bridgehead atoms. The fourth-order valence-corrected chi connectivity index (χ4v) is 4.19. The molecule has 30 heavy (non-hydrogen) atoms. The van der Waals surface area contributed by atoms with Crippen LogP contribution < -0.4 is 16.2 Å². The van der Waals surface area contributed by atoms with Crippen molar-refractivity contribution in [1.82, 2.24) is 19.9 Å². The molecule has 1 saturated heterocycles. The summed E-state index contributed by atoms with van der Waals surface area (Å²) in [7, 11) is 2.14. The third-order valence-electron chi connectivity index (χ3n) is 5.81. The Morgan fingerprint density at radius 1 is 1.07 bits per heavy atom. The minimum Gasteiger partial charge on any atom is -0.397 e. The Kier molecular flexibility index (Phi) is 4.43. The van der Waals surface area contributed by atoms with E-state index >= 15 is 0 Å². The summed E-state index contributed by atoms with van der Waals surface area (Å²) in [6.45, 7) is 4.06. The first-order valence-electron chi connectivity index (χ1n) is 10.0. The molecule has 4 N–H and O–H groups in total. The first-order chi connectivity index (χ1) is 14.5. The van der Waals surface area contributed by atoms with Crippen molar-refractivity contribution in [2.24, 2.45) is 0 Å². The number of nitrogen functional groups attached to an aromatic ring is 1. The van der Waals surface area contributed by atoms with Gasteiger partial charge in [-0.3, -0.25) is 4.79 Å². The third kappa shape index (κ3) is 3.09. The summed E-state index contributed by atoms with van der Waals surface area (Å²) >= 11 is 0. The van der Waals surface area contributed by atoms with Gasteiger partial charge in [-0.15, -0.1) is 0 Å². The van der Waals surface area contributed by atoms with E-state index in [0.717, 1.165) is 49.3 Å². The highest BCUT2D eigenvalue weighted by molar-refractivity contribution is 5.98. The molecule has 0 atom stereocenters. The van der Waals surface area contributed by atoms with Crippen molar-refractivity contribution < 1.29 is 4.39 Å². The molecule has 1 aliphatic rings. The summed E-state index contributed by atoms with van der Waals surface area (Å²) < 4.78 is 14.4. The third-order valence-corrected chi connectivity index (χ3v) is 5.81. The van der Waals surface area contributed by atoms with Crippen molar-refractivity contribution in [3.63, 3.8) is 0 Å². The van der Waals surface area contributed by atoms with Crippen LogP contribution >= 0.6 is 0 Å². The Labute approximate surface area is 172 Å². The first kappa shape index (κ1) is 18.6. The van der Waals surface area contributed by atoms with E-state index in [1.54, 1.807) is 6.07 Å². The van der Waals surface area contributed by atoms with Gasteiger partial charge in [0.25, 0.3) is 5.56 Å². The van der Waals surface area contributed by atoms with Gasteiger partial charge in [-0.05, 0) is 50.3 Å². The maximum Gasteiger partial charge on any atom is 0.261 e. The second kappa shape index (κ2) is 7.14. The van der Waals surface area contributed by atoms with E-state index in [9.17, 15) is 9.18 Å². The number of imidazole rings is 1. The second-order valence-corrected chi connectivity index (χ2v) is 7.84. The molecule has 2 aromatic carbocycles. The fraction of sp³-hybridized carbons (Fsp3) is 0.273. The van der Waals surface area contributed by atoms with Gasteiger partial charge in [-0.1, -0.05) is 6.07 Å². The Morgan fingerprint density at radius 3 is 2.80 bits per heavy atom. The molecule has 4 aromatic rings. The first-order valence-corrected chi connectivity index (χ1v) is 10.0. The Balaban J connectivity index is 1.59. The number of nitrogens with one attached hydrogen (secondary N) is 2. The van der Waals surface area contributed by atoms with Crippen molar-refractivity contribution in [1.29, 1.82) is 0 Å². The van der Waals surface area contributed by atoms with Gasteiger partial charge in [0.05, 0.1) is 27.6 Å². The summed E-state index contributed by atoms with van der Waals surface area (Å²) in [4.78, 5) is 27.9. The summed E-state index contributed by atoms with van der Waals surface area (Å²) in [5, 5.41) is 0.196. The number of aromatic nitrogens is 3. The van der Waals surface area contributed by atoms with Gasteiger partial charge in [0.1, 0.15) is 17.2 Å². The zero-order valence-corrected chi connectivity index (χ0v) is 16.7. The van der Waals surface area contributed by atoms with Crippen molar-refractivity contribution in [3.8, 4) is 11.4 Å². The number of halogens is 1. The van der Waals surface area contributed by atoms with Crippen molar-refractivity contribution in [3.05, 3.63) is 52.6 Å². The highest BCUT2D eigenvalue weighted by atomic mass is 19.1. The molecule has 154 valence electrons. The lowest BCUT2D eigenvalue weighted by molar-refractivity contribution is 0.360. The lowest BCUT2D eigenvalue weighted by Crippen LogP contribution is -2.28. The molecule has 1 aliphatic heterocycles. The van der Waals surface area contributed by atoms with Crippen molar-refractivity contribution in [2.45, 2.75) is 6.42 Å².